The highest BCUT2D eigenvalue weighted by molar-refractivity contribution is 6.03. The topological polar surface area (TPSA) is 150 Å². The minimum atomic E-state index is -5.23. The molecule has 3 rings (SSSR count). The molecule has 0 fully saturated rings. The lowest BCUT2D eigenvalue weighted by molar-refractivity contribution is -0.167. The molecule has 0 bridgehead atoms. The normalized spacial score (nSPS) is 12.5. The van der Waals surface area contributed by atoms with Crippen LogP contribution < -0.4 is 15.5 Å². The van der Waals surface area contributed by atoms with Gasteiger partial charge in [0.15, 0.2) is 11.6 Å². The number of alkyl halides is 3. The summed E-state index contributed by atoms with van der Waals surface area (Å²) in [6, 6.07) is 5.12. The number of pyridine rings is 2. The van der Waals surface area contributed by atoms with E-state index in [-0.39, 0.29) is 22.4 Å². The van der Waals surface area contributed by atoms with Gasteiger partial charge >= 0.3 is 24.3 Å². The van der Waals surface area contributed by atoms with Crippen molar-refractivity contribution >= 4 is 40.8 Å². The molecule has 0 saturated carbocycles. The fourth-order valence-corrected chi connectivity index (χ4v) is 4.23. The summed E-state index contributed by atoms with van der Waals surface area (Å²) >= 11 is 0. The zero-order valence-electron chi connectivity index (χ0n) is 28.3. The summed E-state index contributed by atoms with van der Waals surface area (Å²) in [4.78, 5) is 51.0. The number of rotatable bonds is 8. The molecule has 3 amide bonds. The van der Waals surface area contributed by atoms with Crippen LogP contribution >= 0.6 is 0 Å². The van der Waals surface area contributed by atoms with Crippen molar-refractivity contribution in [3.8, 4) is 11.8 Å². The van der Waals surface area contributed by atoms with Gasteiger partial charge in [-0.25, -0.2) is 24.5 Å². The van der Waals surface area contributed by atoms with Crippen molar-refractivity contribution in [2.45, 2.75) is 84.4 Å². The second kappa shape index (κ2) is 14.9. The molecule has 48 heavy (non-hydrogen) atoms. The average Bonchev–Trinajstić information content (AvgIpc) is 3.34. The number of halogens is 3. The van der Waals surface area contributed by atoms with Gasteiger partial charge in [0.05, 0.1) is 17.4 Å². The highest BCUT2D eigenvalue weighted by Crippen LogP contribution is 2.32. The lowest BCUT2D eigenvalue weighted by Crippen LogP contribution is -2.40. The number of hydrogen-bond donors (Lipinski definition) is 2. The van der Waals surface area contributed by atoms with Gasteiger partial charge in [-0.15, -0.1) is 0 Å². The Morgan fingerprint density at radius 1 is 1.02 bits per heavy atom. The zero-order valence-corrected chi connectivity index (χ0v) is 28.3. The van der Waals surface area contributed by atoms with E-state index in [1.165, 1.54) is 25.1 Å². The van der Waals surface area contributed by atoms with Gasteiger partial charge in [-0.2, -0.15) is 13.2 Å². The third-order valence-corrected chi connectivity index (χ3v) is 6.30. The molecule has 0 aromatic carbocycles. The first-order valence-electron chi connectivity index (χ1n) is 14.9. The van der Waals surface area contributed by atoms with Crippen LogP contribution in [0.15, 0.2) is 24.5 Å². The third kappa shape index (κ3) is 10.6. The lowest BCUT2D eigenvalue weighted by atomic mass is 10.1. The molecule has 260 valence electrons. The van der Waals surface area contributed by atoms with E-state index in [1.54, 1.807) is 72.1 Å². The maximum Gasteiger partial charge on any atom is 0.471 e. The predicted octanol–water partition coefficient (Wildman–Crippen LogP) is 5.46. The van der Waals surface area contributed by atoms with Crippen molar-refractivity contribution in [1.29, 1.82) is 0 Å². The van der Waals surface area contributed by atoms with Crippen molar-refractivity contribution < 1.29 is 41.8 Å². The summed E-state index contributed by atoms with van der Waals surface area (Å²) in [6.07, 6.45) is -4.34. The number of methoxy groups -OCH3 is 1. The van der Waals surface area contributed by atoms with E-state index in [0.717, 1.165) is 4.90 Å². The molecule has 0 unspecified atom stereocenters. The van der Waals surface area contributed by atoms with Crippen LogP contribution in [0.5, 0.6) is 0 Å². The Bertz CT molecular complexity index is 1720. The van der Waals surface area contributed by atoms with E-state index in [1.807, 2.05) is 0 Å². The first kappa shape index (κ1) is 37.5. The molecule has 16 heteroatoms. The fraction of sp³-hybridized carbons (Fsp3) is 0.500. The van der Waals surface area contributed by atoms with Gasteiger partial charge in [0.25, 0.3) is 0 Å². The number of carbonyl (C=O) groups is 3. The third-order valence-electron chi connectivity index (χ3n) is 6.30. The van der Waals surface area contributed by atoms with Crippen molar-refractivity contribution in [1.82, 2.24) is 24.8 Å². The second-order valence-electron chi connectivity index (χ2n) is 12.7. The fourth-order valence-electron chi connectivity index (χ4n) is 4.23. The number of amides is 3. The standard InChI is InChI=1S/C32H40F3N7O6/c1-30(2,3)47-28(44)38-22(46-9)15-11-14-19-12-10-13-20(37-19)16-17-21-24-23(36-18-41(24)7)26(42(8)29(45)48-31(4,5)6)39-25(21)40-27(43)32(33,34)35/h10,12-13,18,22H,11,14-15H2,1-9H3,(H,38,44)(H,39,40,43)/t22-/m0/s1. The molecule has 3 aromatic rings. The second-order valence-corrected chi connectivity index (χ2v) is 12.7. The van der Waals surface area contributed by atoms with E-state index in [9.17, 15) is 27.6 Å². The highest BCUT2D eigenvalue weighted by Gasteiger charge is 2.40. The van der Waals surface area contributed by atoms with Crippen molar-refractivity contribution in [2.24, 2.45) is 7.05 Å². The molecular weight excluding hydrogens is 635 g/mol. The summed E-state index contributed by atoms with van der Waals surface area (Å²) in [6.45, 7) is 10.2. The Hall–Kier alpha value is -4.91. The number of alkyl carbamates (subject to hydrolysis) is 1. The van der Waals surface area contributed by atoms with Crippen LogP contribution in [0.4, 0.5) is 34.4 Å². The molecular formula is C32H40F3N7O6. The quantitative estimate of drug-likeness (QED) is 0.235. The number of fused-ring (bicyclic) bond motifs is 1. The number of aryl methyl sites for hydroxylation is 2. The Morgan fingerprint density at radius 2 is 1.69 bits per heavy atom. The van der Waals surface area contributed by atoms with Crippen molar-refractivity contribution in [3.05, 3.63) is 41.5 Å². The number of ether oxygens (including phenoxy) is 3. The van der Waals surface area contributed by atoms with E-state index in [2.05, 4.69) is 32.1 Å². The number of carbonyl (C=O) groups excluding carboxylic acids is 3. The minimum Gasteiger partial charge on any atom is -0.444 e. The van der Waals surface area contributed by atoms with Crippen LogP contribution in [0, 0.1) is 11.8 Å². The maximum atomic E-state index is 13.3. The molecule has 0 spiro atoms. The Balaban J connectivity index is 1.94. The molecule has 0 aliphatic carbocycles. The minimum absolute atomic E-state index is 0.0766. The predicted molar refractivity (Wildman–Crippen MR) is 171 cm³/mol. The lowest BCUT2D eigenvalue weighted by Gasteiger charge is -2.24. The molecule has 1 atom stereocenters. The molecule has 0 radical (unpaired) electrons. The van der Waals surface area contributed by atoms with Crippen LogP contribution in [-0.4, -0.2) is 75.4 Å². The Labute approximate surface area is 276 Å². The van der Waals surface area contributed by atoms with Gasteiger partial charge in [0.2, 0.25) is 0 Å². The number of anilines is 2. The van der Waals surface area contributed by atoms with Crippen molar-refractivity contribution in [3.63, 3.8) is 0 Å². The Kier molecular flexibility index (Phi) is 11.6. The molecule has 0 aliphatic rings. The molecule has 3 heterocycles. The van der Waals surface area contributed by atoms with E-state index in [4.69, 9.17) is 14.2 Å². The van der Waals surface area contributed by atoms with Gasteiger partial charge in [0.1, 0.15) is 28.6 Å². The summed E-state index contributed by atoms with van der Waals surface area (Å²) in [5.74, 6) is 2.68. The number of nitrogens with zero attached hydrogens (tertiary/aromatic N) is 5. The largest absolute Gasteiger partial charge is 0.471 e. The number of nitrogens with one attached hydrogen (secondary N) is 2. The summed E-state index contributed by atoms with van der Waals surface area (Å²) in [5, 5.41) is 4.45. The SMILES string of the molecule is CO[C@@H](CCCc1cccc(C#Cc2c(NC(=O)C(F)(F)F)nc(N(C)C(=O)OC(C)(C)C)c3ncn(C)c23)n1)NC(=O)OC(C)(C)C. The number of imidazole rings is 1. The highest BCUT2D eigenvalue weighted by atomic mass is 19.4. The van der Waals surface area contributed by atoms with E-state index >= 15 is 0 Å². The molecule has 13 nitrogen and oxygen atoms in total. The number of aromatic nitrogens is 4. The summed E-state index contributed by atoms with van der Waals surface area (Å²) < 4.78 is 57.5. The first-order chi connectivity index (χ1) is 22.2. The molecule has 3 aromatic heterocycles. The van der Waals surface area contributed by atoms with Crippen molar-refractivity contribution in [2.75, 3.05) is 24.4 Å². The van der Waals surface area contributed by atoms with Crippen LogP contribution in [0.25, 0.3) is 11.0 Å². The first-order valence-corrected chi connectivity index (χ1v) is 14.9. The van der Waals surface area contributed by atoms with Gasteiger partial charge in [-0.05, 0) is 78.9 Å². The maximum absolute atomic E-state index is 13.3. The molecule has 0 saturated heterocycles. The van der Waals surface area contributed by atoms with Crippen LogP contribution in [0.1, 0.15) is 71.3 Å². The summed E-state index contributed by atoms with van der Waals surface area (Å²) in [5.41, 5.74) is -0.312. The van der Waals surface area contributed by atoms with Gasteiger partial charge in [-0.3, -0.25) is 15.0 Å². The van der Waals surface area contributed by atoms with E-state index < -0.39 is 47.5 Å². The Morgan fingerprint density at radius 3 is 2.29 bits per heavy atom. The van der Waals surface area contributed by atoms with Gasteiger partial charge in [-0.1, -0.05) is 12.0 Å². The number of hydrogen-bond acceptors (Lipinski definition) is 9. The van der Waals surface area contributed by atoms with Crippen LogP contribution in [-0.2, 0) is 32.5 Å². The van der Waals surface area contributed by atoms with Gasteiger partial charge < -0.3 is 24.1 Å². The monoisotopic (exact) mass is 675 g/mol. The van der Waals surface area contributed by atoms with E-state index in [0.29, 0.717) is 30.7 Å². The zero-order chi connectivity index (χ0) is 36.0. The van der Waals surface area contributed by atoms with Crippen LogP contribution in [0.3, 0.4) is 0 Å². The summed E-state index contributed by atoms with van der Waals surface area (Å²) in [7, 11) is 4.37. The van der Waals surface area contributed by atoms with Crippen LogP contribution in [0.2, 0.25) is 0 Å². The smallest absolute Gasteiger partial charge is 0.444 e. The average molecular weight is 676 g/mol. The molecule has 0 aliphatic heterocycles. The molecule has 2 N–H and O–H groups in total. The van der Waals surface area contributed by atoms with Gasteiger partial charge in [0, 0.05) is 26.9 Å².